The zero-order valence-electron chi connectivity index (χ0n) is 23.9. The van der Waals surface area contributed by atoms with Crippen molar-refractivity contribution in [1.29, 1.82) is 0 Å². The number of fused-ring (bicyclic) bond motifs is 2. The third-order valence-electron chi connectivity index (χ3n) is 8.06. The van der Waals surface area contributed by atoms with Gasteiger partial charge in [-0.15, -0.1) is 0 Å². The smallest absolute Gasteiger partial charge is 0.160 e. The second kappa shape index (κ2) is 11.0. The minimum atomic E-state index is 0.700. The van der Waals surface area contributed by atoms with Crippen LogP contribution in [0.1, 0.15) is 0 Å². The molecule has 2 aromatic heterocycles. The van der Waals surface area contributed by atoms with E-state index in [-0.39, 0.29) is 0 Å². The van der Waals surface area contributed by atoms with E-state index in [1.165, 1.54) is 21.9 Å². The average Bonchev–Trinajstić information content (AvgIpc) is 3.11. The van der Waals surface area contributed by atoms with Crippen LogP contribution in [0.4, 0.5) is 0 Å². The fourth-order valence-corrected chi connectivity index (χ4v) is 5.73. The summed E-state index contributed by atoms with van der Waals surface area (Å²) in [5.41, 5.74) is 10.1. The van der Waals surface area contributed by atoms with Crippen LogP contribution in [-0.4, -0.2) is 15.0 Å². The van der Waals surface area contributed by atoms with E-state index >= 15 is 0 Å². The van der Waals surface area contributed by atoms with Gasteiger partial charge in [-0.1, -0.05) is 133 Å². The van der Waals surface area contributed by atoms with E-state index in [0.717, 1.165) is 50.2 Å². The zero-order chi connectivity index (χ0) is 29.3. The van der Waals surface area contributed by atoms with Crippen molar-refractivity contribution in [2.45, 2.75) is 0 Å². The largest absolute Gasteiger partial charge is 0.248 e. The molecule has 3 nitrogen and oxygen atoms in total. The molecule has 0 aliphatic rings. The van der Waals surface area contributed by atoms with Gasteiger partial charge in [0.1, 0.15) is 0 Å². The normalized spacial score (nSPS) is 11.2. The highest BCUT2D eigenvalue weighted by atomic mass is 14.9. The van der Waals surface area contributed by atoms with E-state index < -0.39 is 0 Å². The van der Waals surface area contributed by atoms with Crippen molar-refractivity contribution >= 4 is 21.7 Å². The first-order chi connectivity index (χ1) is 21.8. The van der Waals surface area contributed by atoms with Gasteiger partial charge < -0.3 is 0 Å². The molecule has 3 heteroatoms. The van der Waals surface area contributed by atoms with Crippen molar-refractivity contribution in [3.8, 4) is 56.3 Å². The van der Waals surface area contributed by atoms with Crippen LogP contribution in [0, 0.1) is 0 Å². The van der Waals surface area contributed by atoms with E-state index in [0.29, 0.717) is 5.82 Å². The van der Waals surface area contributed by atoms with Gasteiger partial charge in [0.2, 0.25) is 0 Å². The van der Waals surface area contributed by atoms with Crippen LogP contribution in [0.15, 0.2) is 164 Å². The third kappa shape index (κ3) is 5.01. The Hall–Kier alpha value is -5.93. The van der Waals surface area contributed by atoms with Gasteiger partial charge in [-0.25, -0.2) is 15.0 Å². The van der Waals surface area contributed by atoms with Crippen molar-refractivity contribution in [3.05, 3.63) is 164 Å². The number of benzene rings is 6. The lowest BCUT2D eigenvalue weighted by Gasteiger charge is -2.11. The van der Waals surface area contributed by atoms with E-state index in [4.69, 9.17) is 15.0 Å². The molecule has 2 heterocycles. The highest BCUT2D eigenvalue weighted by Crippen LogP contribution is 2.32. The summed E-state index contributed by atoms with van der Waals surface area (Å²) >= 11 is 0. The van der Waals surface area contributed by atoms with Crippen molar-refractivity contribution < 1.29 is 0 Å². The number of aromatic nitrogens is 3. The molecule has 0 radical (unpaired) electrons. The summed E-state index contributed by atoms with van der Waals surface area (Å²) in [5.74, 6) is 0.700. The number of nitrogens with zero attached hydrogens (tertiary/aromatic N) is 3. The molecule has 6 aromatic carbocycles. The molecule has 8 rings (SSSR count). The summed E-state index contributed by atoms with van der Waals surface area (Å²) in [7, 11) is 0. The molecular weight excluding hydrogens is 534 g/mol. The van der Waals surface area contributed by atoms with Gasteiger partial charge in [-0.2, -0.15) is 0 Å². The maximum absolute atomic E-state index is 5.06. The number of hydrogen-bond donors (Lipinski definition) is 0. The molecule has 0 saturated carbocycles. The van der Waals surface area contributed by atoms with Gasteiger partial charge in [0.25, 0.3) is 0 Å². The fraction of sp³-hybridized carbons (Fsp3) is 0. The Bertz CT molecular complexity index is 2260. The van der Waals surface area contributed by atoms with Crippen LogP contribution >= 0.6 is 0 Å². The van der Waals surface area contributed by atoms with E-state index in [2.05, 4.69) is 140 Å². The molecule has 0 spiro atoms. The molecule has 0 amide bonds. The molecule has 0 N–H and O–H groups in total. The van der Waals surface area contributed by atoms with Crippen molar-refractivity contribution in [1.82, 2.24) is 15.0 Å². The Morgan fingerprint density at radius 1 is 0.273 bits per heavy atom. The highest BCUT2D eigenvalue weighted by molar-refractivity contribution is 5.97. The second-order valence-electron chi connectivity index (χ2n) is 10.9. The Balaban J connectivity index is 1.21. The van der Waals surface area contributed by atoms with Gasteiger partial charge >= 0.3 is 0 Å². The molecule has 8 aromatic rings. The Kier molecular flexibility index (Phi) is 6.47. The third-order valence-corrected chi connectivity index (χ3v) is 8.06. The van der Waals surface area contributed by atoms with Gasteiger partial charge in [-0.05, 0) is 52.2 Å². The van der Waals surface area contributed by atoms with E-state index in [9.17, 15) is 0 Å². The number of pyridine rings is 1. The molecule has 0 atom stereocenters. The Labute approximate surface area is 256 Å². The second-order valence-corrected chi connectivity index (χ2v) is 10.9. The van der Waals surface area contributed by atoms with E-state index in [1.807, 2.05) is 24.3 Å². The lowest BCUT2D eigenvalue weighted by atomic mass is 10.0. The van der Waals surface area contributed by atoms with Crippen LogP contribution in [0.25, 0.3) is 78.0 Å². The molecule has 206 valence electrons. The molecule has 0 saturated heterocycles. The summed E-state index contributed by atoms with van der Waals surface area (Å²) in [6.07, 6.45) is 0. The van der Waals surface area contributed by atoms with Crippen LogP contribution in [0.3, 0.4) is 0 Å². The highest BCUT2D eigenvalue weighted by Gasteiger charge is 2.12. The summed E-state index contributed by atoms with van der Waals surface area (Å²) in [4.78, 5) is 15.1. The number of hydrogen-bond acceptors (Lipinski definition) is 3. The maximum atomic E-state index is 5.06. The van der Waals surface area contributed by atoms with Gasteiger partial charge in [0.05, 0.1) is 22.6 Å². The molecule has 0 unspecified atom stereocenters. The van der Waals surface area contributed by atoms with Gasteiger partial charge in [0.15, 0.2) is 5.82 Å². The molecule has 0 bridgehead atoms. The lowest BCUT2D eigenvalue weighted by Crippen LogP contribution is -1.96. The van der Waals surface area contributed by atoms with Crippen LogP contribution < -0.4 is 0 Å². The van der Waals surface area contributed by atoms with Crippen molar-refractivity contribution in [2.75, 3.05) is 0 Å². The predicted molar refractivity (Wildman–Crippen MR) is 182 cm³/mol. The van der Waals surface area contributed by atoms with Crippen LogP contribution in [0.5, 0.6) is 0 Å². The first-order valence-corrected chi connectivity index (χ1v) is 14.8. The average molecular weight is 562 g/mol. The van der Waals surface area contributed by atoms with E-state index in [1.54, 1.807) is 0 Å². The number of rotatable bonds is 5. The molecule has 0 fully saturated rings. The first kappa shape index (κ1) is 25.8. The van der Waals surface area contributed by atoms with Crippen molar-refractivity contribution in [2.24, 2.45) is 0 Å². The topological polar surface area (TPSA) is 38.7 Å². The minimum Gasteiger partial charge on any atom is -0.248 e. The minimum absolute atomic E-state index is 0.700. The fourth-order valence-electron chi connectivity index (χ4n) is 5.73. The summed E-state index contributed by atoms with van der Waals surface area (Å²) in [6.45, 7) is 0. The Morgan fingerprint density at radius 2 is 0.818 bits per heavy atom. The van der Waals surface area contributed by atoms with Crippen LogP contribution in [-0.2, 0) is 0 Å². The first-order valence-electron chi connectivity index (χ1n) is 14.8. The molecular formula is C41H27N3. The summed E-state index contributed by atoms with van der Waals surface area (Å²) < 4.78 is 0. The monoisotopic (exact) mass is 561 g/mol. The summed E-state index contributed by atoms with van der Waals surface area (Å²) in [5, 5.41) is 3.55. The van der Waals surface area contributed by atoms with Crippen LogP contribution in [0.2, 0.25) is 0 Å². The van der Waals surface area contributed by atoms with Gasteiger partial charge in [0, 0.05) is 27.6 Å². The van der Waals surface area contributed by atoms with Gasteiger partial charge in [-0.3, -0.25) is 0 Å². The summed E-state index contributed by atoms with van der Waals surface area (Å²) in [6, 6.07) is 56.8. The van der Waals surface area contributed by atoms with Crippen molar-refractivity contribution in [3.63, 3.8) is 0 Å². The maximum Gasteiger partial charge on any atom is 0.160 e. The molecule has 0 aliphatic heterocycles. The lowest BCUT2D eigenvalue weighted by molar-refractivity contribution is 1.18. The quantitative estimate of drug-likeness (QED) is 0.196. The zero-order valence-corrected chi connectivity index (χ0v) is 23.9. The Morgan fingerprint density at radius 3 is 1.55 bits per heavy atom. The standard InChI is InChI=1S/C41H27N3/c1-3-10-28(11-4-1)29-18-20-30(21-19-29)39-27-40(44-41(43-39)31-12-5-2-6-13-31)35-17-9-16-34(25-35)37-23-22-36-24-32-14-7-8-15-33(32)26-38(36)42-37/h1-27H. The predicted octanol–water partition coefficient (Wildman–Crippen LogP) is 10.5. The molecule has 44 heavy (non-hydrogen) atoms. The molecule has 0 aliphatic carbocycles. The SMILES string of the molecule is c1ccc(-c2ccc(-c3cc(-c4cccc(-c5ccc6cc7ccccc7cc6n5)c4)nc(-c4ccccc4)n3)cc2)cc1.